The lowest BCUT2D eigenvalue weighted by Crippen LogP contribution is -2.27. The lowest BCUT2D eigenvalue weighted by Gasteiger charge is -2.12. The van der Waals surface area contributed by atoms with E-state index in [1.54, 1.807) is 0 Å². The van der Waals surface area contributed by atoms with Crippen molar-refractivity contribution < 1.29 is 34.5 Å². The fraction of sp³-hybridized carbons (Fsp3) is 0.250. The third kappa shape index (κ3) is 9.66. The van der Waals surface area contributed by atoms with Crippen molar-refractivity contribution in [3.05, 3.63) is 90.0 Å². The number of esters is 1. The number of ether oxygens (including phenoxy) is 2. The molecule has 0 fully saturated rings. The molecule has 10 heteroatoms. The van der Waals surface area contributed by atoms with Crippen molar-refractivity contribution in [1.29, 1.82) is 0 Å². The number of anilines is 1. The van der Waals surface area contributed by atoms with Crippen LogP contribution in [0.1, 0.15) is 24.0 Å². The van der Waals surface area contributed by atoms with E-state index in [-0.39, 0.29) is 18.6 Å². The van der Waals surface area contributed by atoms with E-state index in [0.29, 0.717) is 30.3 Å². The minimum absolute atomic E-state index is 0. The van der Waals surface area contributed by atoms with Crippen molar-refractivity contribution in [3.63, 3.8) is 0 Å². The van der Waals surface area contributed by atoms with Crippen LogP contribution in [0.2, 0.25) is 0 Å². The summed E-state index contributed by atoms with van der Waals surface area (Å²) in [5, 5.41) is 18.4. The smallest absolute Gasteiger partial charge is 0.411 e. The van der Waals surface area contributed by atoms with E-state index >= 15 is 0 Å². The van der Waals surface area contributed by atoms with Gasteiger partial charge in [-0.3, -0.25) is 15.3 Å². The quantitative estimate of drug-likeness (QED) is 0.108. The Morgan fingerprint density at radius 1 is 0.921 bits per heavy atom. The number of benzene rings is 3. The van der Waals surface area contributed by atoms with Crippen molar-refractivity contribution in [3.8, 4) is 0 Å². The number of carbonyl (C=O) groups excluding carboxylic acids is 3. The molecule has 3 rings (SSSR count). The summed E-state index contributed by atoms with van der Waals surface area (Å²) in [5.41, 5.74) is 2.67. The van der Waals surface area contributed by atoms with E-state index in [9.17, 15) is 19.6 Å². The molecule has 0 unspecified atom stereocenters. The first-order valence-electron chi connectivity index (χ1n) is 11.9. The second-order valence-corrected chi connectivity index (χ2v) is 8.25. The van der Waals surface area contributed by atoms with Gasteiger partial charge in [-0.05, 0) is 42.0 Å². The topological polar surface area (TPSA) is 149 Å². The summed E-state index contributed by atoms with van der Waals surface area (Å²) >= 11 is 0. The molecule has 38 heavy (non-hydrogen) atoms. The molecule has 0 saturated carbocycles. The van der Waals surface area contributed by atoms with Gasteiger partial charge in [0, 0.05) is 30.6 Å². The first-order valence-corrected chi connectivity index (χ1v) is 11.9. The summed E-state index contributed by atoms with van der Waals surface area (Å²) in [4.78, 5) is 34.9. The number of fused-ring (bicyclic) bond motifs is 1. The molecule has 0 saturated heterocycles. The summed E-state index contributed by atoms with van der Waals surface area (Å²) in [6, 6.07) is 21.3. The zero-order valence-electron chi connectivity index (χ0n) is 21.2. The number of amides is 2. The van der Waals surface area contributed by atoms with Crippen molar-refractivity contribution >= 4 is 34.4 Å². The molecule has 3 aromatic rings. The standard InChI is InChI=1S/C28H31N3O6.H2O/c1-36-27(33)16-15-26(32)31(35)18-5-4-17-29-19-21-11-13-22(14-12-21)20-37-28(34)30-25-10-6-8-23-7-2-3-9-24(23)25;/h2-3,6-16,29,35H,4-5,17-20H2,1H3,(H,30,34);1H2/b16-15+;. The van der Waals surface area contributed by atoms with Gasteiger partial charge in [0.2, 0.25) is 0 Å². The summed E-state index contributed by atoms with van der Waals surface area (Å²) in [6.45, 7) is 1.69. The third-order valence-corrected chi connectivity index (χ3v) is 5.54. The number of nitrogens with zero attached hydrogens (tertiary/aromatic N) is 1. The van der Waals surface area contributed by atoms with E-state index in [1.807, 2.05) is 66.7 Å². The summed E-state index contributed by atoms with van der Waals surface area (Å²) in [7, 11) is 1.21. The van der Waals surface area contributed by atoms with Crippen LogP contribution in [0.5, 0.6) is 0 Å². The Labute approximate surface area is 221 Å². The molecule has 0 aliphatic rings. The Morgan fingerprint density at radius 3 is 2.39 bits per heavy atom. The van der Waals surface area contributed by atoms with Crippen LogP contribution in [-0.2, 0) is 32.2 Å². The molecule has 0 spiro atoms. The van der Waals surface area contributed by atoms with Gasteiger partial charge in [0.05, 0.1) is 12.8 Å². The number of hydroxylamine groups is 2. The Kier molecular flexibility index (Phi) is 12.4. The van der Waals surface area contributed by atoms with Gasteiger partial charge in [-0.15, -0.1) is 0 Å². The molecule has 2 amide bonds. The fourth-order valence-corrected chi connectivity index (χ4v) is 3.53. The lowest BCUT2D eigenvalue weighted by atomic mass is 10.1. The first kappa shape index (κ1) is 30.0. The molecule has 0 radical (unpaired) electrons. The van der Waals surface area contributed by atoms with E-state index in [1.165, 1.54) is 7.11 Å². The van der Waals surface area contributed by atoms with Crippen molar-refractivity contribution in [2.24, 2.45) is 0 Å². The minimum Gasteiger partial charge on any atom is -0.466 e. The molecule has 10 nitrogen and oxygen atoms in total. The van der Waals surface area contributed by atoms with Crippen molar-refractivity contribution in [2.45, 2.75) is 26.0 Å². The second-order valence-electron chi connectivity index (χ2n) is 8.25. The Morgan fingerprint density at radius 2 is 1.63 bits per heavy atom. The van der Waals surface area contributed by atoms with Crippen LogP contribution < -0.4 is 10.6 Å². The second kappa shape index (κ2) is 15.8. The summed E-state index contributed by atoms with van der Waals surface area (Å²) in [5.74, 6) is -1.33. The molecule has 0 bridgehead atoms. The molecule has 3 aromatic carbocycles. The predicted octanol–water partition coefficient (Wildman–Crippen LogP) is 3.58. The highest BCUT2D eigenvalue weighted by molar-refractivity contribution is 6.00. The van der Waals surface area contributed by atoms with Crippen LogP contribution >= 0.6 is 0 Å². The Hall–Kier alpha value is -4.25. The van der Waals surface area contributed by atoms with Crippen LogP contribution in [0.3, 0.4) is 0 Å². The summed E-state index contributed by atoms with van der Waals surface area (Å²) < 4.78 is 9.77. The highest BCUT2D eigenvalue weighted by Crippen LogP contribution is 2.23. The maximum Gasteiger partial charge on any atom is 0.411 e. The molecular weight excluding hydrogens is 490 g/mol. The highest BCUT2D eigenvalue weighted by Gasteiger charge is 2.08. The minimum atomic E-state index is -0.673. The van der Waals surface area contributed by atoms with Crippen LogP contribution in [-0.4, -0.2) is 53.9 Å². The van der Waals surface area contributed by atoms with E-state index in [4.69, 9.17) is 4.74 Å². The van der Waals surface area contributed by atoms with Gasteiger partial charge in [-0.1, -0.05) is 60.7 Å². The first-order chi connectivity index (χ1) is 18.0. The van der Waals surface area contributed by atoms with E-state index < -0.39 is 18.0 Å². The number of nitrogens with one attached hydrogen (secondary N) is 2. The fourth-order valence-electron chi connectivity index (χ4n) is 3.53. The van der Waals surface area contributed by atoms with Crippen molar-refractivity contribution in [1.82, 2.24) is 10.4 Å². The molecule has 0 aromatic heterocycles. The number of hydrogen-bond donors (Lipinski definition) is 3. The van der Waals surface area contributed by atoms with Gasteiger partial charge in [-0.2, -0.15) is 0 Å². The summed E-state index contributed by atoms with van der Waals surface area (Å²) in [6.07, 6.45) is 2.77. The zero-order chi connectivity index (χ0) is 26.5. The Bertz CT molecular complexity index is 1220. The normalized spacial score (nSPS) is 10.6. The number of rotatable bonds is 12. The third-order valence-electron chi connectivity index (χ3n) is 5.54. The van der Waals surface area contributed by atoms with Crippen molar-refractivity contribution in [2.75, 3.05) is 25.5 Å². The number of methoxy groups -OCH3 is 1. The van der Waals surface area contributed by atoms with Gasteiger partial charge < -0.3 is 20.3 Å². The number of carbonyl (C=O) groups is 3. The monoisotopic (exact) mass is 523 g/mol. The molecule has 0 aliphatic heterocycles. The largest absolute Gasteiger partial charge is 0.466 e. The van der Waals surface area contributed by atoms with Gasteiger partial charge in [0.1, 0.15) is 6.61 Å². The molecule has 0 heterocycles. The molecule has 0 aliphatic carbocycles. The number of unbranched alkanes of at least 4 members (excludes halogenated alkanes) is 1. The lowest BCUT2D eigenvalue weighted by molar-refractivity contribution is -0.159. The molecule has 202 valence electrons. The average Bonchev–Trinajstić information content (AvgIpc) is 2.92. The molecule has 0 atom stereocenters. The van der Waals surface area contributed by atoms with Gasteiger partial charge in [0.25, 0.3) is 5.91 Å². The van der Waals surface area contributed by atoms with E-state index in [0.717, 1.165) is 40.5 Å². The van der Waals surface area contributed by atoms with Gasteiger partial charge in [-0.25, -0.2) is 14.7 Å². The Balaban J connectivity index is 0.00000507. The van der Waals surface area contributed by atoms with Crippen LogP contribution in [0.4, 0.5) is 10.5 Å². The van der Waals surface area contributed by atoms with E-state index in [2.05, 4.69) is 15.4 Å². The molecule has 5 N–H and O–H groups in total. The van der Waals surface area contributed by atoms with Gasteiger partial charge >= 0.3 is 12.1 Å². The highest BCUT2D eigenvalue weighted by atomic mass is 16.5. The van der Waals surface area contributed by atoms with Crippen LogP contribution in [0.25, 0.3) is 10.8 Å². The van der Waals surface area contributed by atoms with Crippen LogP contribution in [0, 0.1) is 0 Å². The van der Waals surface area contributed by atoms with Gasteiger partial charge in [0.15, 0.2) is 0 Å². The maximum atomic E-state index is 12.3. The van der Waals surface area contributed by atoms with Crippen LogP contribution in [0.15, 0.2) is 78.9 Å². The maximum absolute atomic E-state index is 12.3. The predicted molar refractivity (Wildman–Crippen MR) is 143 cm³/mol. The zero-order valence-corrected chi connectivity index (χ0v) is 21.2. The number of hydrogen-bond acceptors (Lipinski definition) is 7. The average molecular weight is 524 g/mol. The SMILES string of the molecule is COC(=O)/C=C/C(=O)N(O)CCCCNCc1ccc(COC(=O)Nc2cccc3ccccc23)cc1.O. The molecular formula is C28H33N3O7.